The Morgan fingerprint density at radius 3 is 2.45 bits per heavy atom. The molecule has 0 atom stereocenters. The largest absolute Gasteiger partial charge is 0.386 e. The van der Waals surface area contributed by atoms with E-state index in [1.165, 1.54) is 12.3 Å². The molecule has 1 rings (SSSR count). The molecule has 0 unspecified atom stereocenters. The van der Waals surface area contributed by atoms with Gasteiger partial charge in [-0.25, -0.2) is 0 Å². The highest BCUT2D eigenvalue weighted by molar-refractivity contribution is 5.15. The van der Waals surface area contributed by atoms with Crippen LogP contribution in [0.3, 0.4) is 0 Å². The summed E-state index contributed by atoms with van der Waals surface area (Å²) in [7, 11) is 0. The predicted octanol–water partition coefficient (Wildman–Crippen LogP) is 0.602. The monoisotopic (exact) mass is 153 g/mol. The van der Waals surface area contributed by atoms with Crippen LogP contribution in [0.15, 0.2) is 23.1 Å². The Bertz CT molecular complexity index is 275. The van der Waals surface area contributed by atoms with Crippen LogP contribution in [0.5, 0.6) is 0 Å². The van der Waals surface area contributed by atoms with Crippen LogP contribution in [-0.2, 0) is 5.60 Å². The molecule has 0 aliphatic carbocycles. The zero-order chi connectivity index (χ0) is 8.48. The fourth-order valence-electron chi connectivity index (χ4n) is 0.791. The van der Waals surface area contributed by atoms with E-state index in [4.69, 9.17) is 0 Å². The van der Waals surface area contributed by atoms with E-state index in [0.29, 0.717) is 5.56 Å². The molecule has 1 aromatic rings. The number of nitrogens with one attached hydrogen (secondary N) is 1. The Kier molecular flexibility index (Phi) is 1.83. The maximum Gasteiger partial charge on any atom is 0.247 e. The molecule has 0 bridgehead atoms. The molecule has 0 saturated carbocycles. The number of hydrogen-bond donors (Lipinski definition) is 2. The van der Waals surface area contributed by atoms with Crippen LogP contribution in [0.25, 0.3) is 0 Å². The van der Waals surface area contributed by atoms with Crippen molar-refractivity contribution in [2.45, 2.75) is 19.4 Å². The molecule has 11 heavy (non-hydrogen) atoms. The minimum absolute atomic E-state index is 0.155. The van der Waals surface area contributed by atoms with Crippen molar-refractivity contribution < 1.29 is 5.11 Å². The van der Waals surface area contributed by atoms with Crippen LogP contribution in [0.1, 0.15) is 19.4 Å². The molecule has 0 aliphatic rings. The summed E-state index contributed by atoms with van der Waals surface area (Å²) in [4.78, 5) is 13.1. The minimum atomic E-state index is -0.885. The Balaban J connectivity index is 3.09. The number of H-pyrrole nitrogens is 1. The van der Waals surface area contributed by atoms with Gasteiger partial charge in [0.15, 0.2) is 0 Å². The maximum absolute atomic E-state index is 10.6. The van der Waals surface area contributed by atoms with E-state index in [0.717, 1.165) is 0 Å². The lowest BCUT2D eigenvalue weighted by molar-refractivity contribution is 0.0782. The van der Waals surface area contributed by atoms with Gasteiger partial charge in [-0.2, -0.15) is 0 Å². The SMILES string of the molecule is CC(C)(O)c1ccc(=O)[nH]c1. The molecule has 0 amide bonds. The van der Waals surface area contributed by atoms with E-state index >= 15 is 0 Å². The van der Waals surface area contributed by atoms with E-state index in [9.17, 15) is 9.90 Å². The third-order valence-electron chi connectivity index (χ3n) is 1.49. The molecule has 60 valence electrons. The first-order valence-corrected chi connectivity index (χ1v) is 3.42. The van der Waals surface area contributed by atoms with Crippen molar-refractivity contribution in [1.29, 1.82) is 0 Å². The average molecular weight is 153 g/mol. The summed E-state index contributed by atoms with van der Waals surface area (Å²) in [6.45, 7) is 3.33. The van der Waals surface area contributed by atoms with E-state index in [1.54, 1.807) is 19.9 Å². The molecule has 0 radical (unpaired) electrons. The van der Waals surface area contributed by atoms with Gasteiger partial charge >= 0.3 is 0 Å². The van der Waals surface area contributed by atoms with Gasteiger partial charge in [0.2, 0.25) is 5.56 Å². The standard InChI is InChI=1S/C8H11NO2/c1-8(2,11)6-3-4-7(10)9-5-6/h3-5,11H,1-2H3,(H,9,10). The average Bonchev–Trinajstić information content (AvgIpc) is 1.86. The minimum Gasteiger partial charge on any atom is -0.386 e. The van der Waals surface area contributed by atoms with E-state index in [1.807, 2.05) is 0 Å². The topological polar surface area (TPSA) is 53.1 Å². The van der Waals surface area contributed by atoms with Crippen molar-refractivity contribution in [2.24, 2.45) is 0 Å². The molecular weight excluding hydrogens is 142 g/mol. The van der Waals surface area contributed by atoms with Gasteiger partial charge in [0.1, 0.15) is 0 Å². The number of aromatic amines is 1. The molecule has 0 fully saturated rings. The van der Waals surface area contributed by atoms with Crippen molar-refractivity contribution in [3.63, 3.8) is 0 Å². The van der Waals surface area contributed by atoms with Gasteiger partial charge in [-0.3, -0.25) is 4.79 Å². The molecule has 1 aromatic heterocycles. The quantitative estimate of drug-likeness (QED) is 0.620. The maximum atomic E-state index is 10.6. The Hall–Kier alpha value is -1.09. The fourth-order valence-corrected chi connectivity index (χ4v) is 0.791. The number of aromatic nitrogens is 1. The molecule has 0 aromatic carbocycles. The molecule has 2 N–H and O–H groups in total. The summed E-state index contributed by atoms with van der Waals surface area (Å²) >= 11 is 0. The number of rotatable bonds is 1. The van der Waals surface area contributed by atoms with Gasteiger partial charge in [0.05, 0.1) is 5.60 Å². The fraction of sp³-hybridized carbons (Fsp3) is 0.375. The van der Waals surface area contributed by atoms with Crippen molar-refractivity contribution in [3.8, 4) is 0 Å². The second-order valence-corrected chi connectivity index (χ2v) is 3.00. The van der Waals surface area contributed by atoms with Crippen molar-refractivity contribution >= 4 is 0 Å². The highest BCUT2D eigenvalue weighted by Gasteiger charge is 2.14. The number of hydrogen-bond acceptors (Lipinski definition) is 2. The molecule has 3 nitrogen and oxygen atoms in total. The number of pyridine rings is 1. The van der Waals surface area contributed by atoms with Crippen LogP contribution >= 0.6 is 0 Å². The van der Waals surface area contributed by atoms with Crippen molar-refractivity contribution in [1.82, 2.24) is 4.98 Å². The van der Waals surface area contributed by atoms with E-state index < -0.39 is 5.60 Å². The van der Waals surface area contributed by atoms with Gasteiger partial charge in [-0.05, 0) is 25.5 Å². The molecule has 0 saturated heterocycles. The van der Waals surface area contributed by atoms with Crippen molar-refractivity contribution in [3.05, 3.63) is 34.2 Å². The van der Waals surface area contributed by atoms with Gasteiger partial charge in [-0.1, -0.05) is 0 Å². The zero-order valence-corrected chi connectivity index (χ0v) is 6.59. The second-order valence-electron chi connectivity index (χ2n) is 3.00. The van der Waals surface area contributed by atoms with Crippen LogP contribution in [0, 0.1) is 0 Å². The summed E-state index contributed by atoms with van der Waals surface area (Å²) in [5.74, 6) is 0. The smallest absolute Gasteiger partial charge is 0.247 e. The van der Waals surface area contributed by atoms with Crippen LogP contribution in [-0.4, -0.2) is 10.1 Å². The Labute approximate surface area is 64.7 Å². The number of aliphatic hydroxyl groups is 1. The summed E-state index contributed by atoms with van der Waals surface area (Å²) in [5, 5.41) is 9.46. The lowest BCUT2D eigenvalue weighted by Crippen LogP contribution is -2.17. The normalized spacial score (nSPS) is 11.5. The predicted molar refractivity (Wildman–Crippen MR) is 42.3 cm³/mol. The first kappa shape index (κ1) is 8.01. The van der Waals surface area contributed by atoms with Crippen molar-refractivity contribution in [2.75, 3.05) is 0 Å². The van der Waals surface area contributed by atoms with Gasteiger partial charge in [0.25, 0.3) is 0 Å². The Morgan fingerprint density at radius 2 is 2.09 bits per heavy atom. The third kappa shape index (κ3) is 1.91. The van der Waals surface area contributed by atoms with Crippen LogP contribution in [0.2, 0.25) is 0 Å². The van der Waals surface area contributed by atoms with Gasteiger partial charge < -0.3 is 10.1 Å². The zero-order valence-electron chi connectivity index (χ0n) is 6.59. The summed E-state index contributed by atoms with van der Waals surface area (Å²) in [6.07, 6.45) is 1.52. The van der Waals surface area contributed by atoms with E-state index in [-0.39, 0.29) is 5.56 Å². The summed E-state index contributed by atoms with van der Waals surface area (Å²) in [6, 6.07) is 3.01. The molecule has 1 heterocycles. The lowest BCUT2D eigenvalue weighted by Gasteiger charge is -2.16. The molecule has 0 aliphatic heterocycles. The van der Waals surface area contributed by atoms with Crippen LogP contribution in [0.4, 0.5) is 0 Å². The Morgan fingerprint density at radius 1 is 1.45 bits per heavy atom. The summed E-state index contributed by atoms with van der Waals surface area (Å²) in [5.41, 5.74) is -0.334. The third-order valence-corrected chi connectivity index (χ3v) is 1.49. The lowest BCUT2D eigenvalue weighted by atomic mass is 10.0. The highest BCUT2D eigenvalue weighted by Crippen LogP contribution is 2.16. The second kappa shape index (κ2) is 2.51. The first-order valence-electron chi connectivity index (χ1n) is 3.42. The highest BCUT2D eigenvalue weighted by atomic mass is 16.3. The van der Waals surface area contributed by atoms with Gasteiger partial charge in [-0.15, -0.1) is 0 Å². The van der Waals surface area contributed by atoms with Crippen LogP contribution < -0.4 is 5.56 Å². The van der Waals surface area contributed by atoms with E-state index in [2.05, 4.69) is 4.98 Å². The molecular formula is C8H11NO2. The molecule has 3 heteroatoms. The van der Waals surface area contributed by atoms with Gasteiger partial charge in [0, 0.05) is 12.3 Å². The summed E-state index contributed by atoms with van der Waals surface area (Å²) < 4.78 is 0. The molecule has 0 spiro atoms. The first-order chi connectivity index (χ1) is 5.00.